The standard InChI is InChI=1S/C25H40AsNO2/c1-18(2)11-14-26(22-9-7-21(8-10-22)20(5)6)23-12-15-27(16-13-23)25(29)24(28)17-19(3)4/h7-11,19-20,23-24,28H,12-17H2,1-6H3. The van der Waals surface area contributed by atoms with Gasteiger partial charge < -0.3 is 0 Å². The Morgan fingerprint density at radius 3 is 2.21 bits per heavy atom. The summed E-state index contributed by atoms with van der Waals surface area (Å²) in [5, 5.41) is 11.4. The van der Waals surface area contributed by atoms with Crippen LogP contribution in [0, 0.1) is 5.92 Å². The quantitative estimate of drug-likeness (QED) is 0.443. The zero-order valence-electron chi connectivity index (χ0n) is 19.2. The SMILES string of the molecule is CC(C)=CC[As](c1ccc(C(C)C)cc1)C1CCN(C(=O)C(O)CC(C)C)CC1. The number of likely N-dealkylation sites (tertiary alicyclic amines) is 1. The van der Waals surface area contributed by atoms with Crippen LogP contribution in [0.1, 0.15) is 72.3 Å². The first-order chi connectivity index (χ1) is 13.7. The molecule has 1 saturated heterocycles. The van der Waals surface area contributed by atoms with Crippen molar-refractivity contribution in [1.82, 2.24) is 4.90 Å². The fraction of sp³-hybridized carbons (Fsp3) is 0.640. The first-order valence-electron chi connectivity index (χ1n) is 11.2. The molecule has 0 spiro atoms. The molecule has 1 aromatic carbocycles. The molecule has 1 N–H and O–H groups in total. The summed E-state index contributed by atoms with van der Waals surface area (Å²) >= 11 is -1.25. The number of carbonyl (C=O) groups is 1. The van der Waals surface area contributed by atoms with E-state index in [1.165, 1.54) is 16.3 Å². The molecule has 29 heavy (non-hydrogen) atoms. The Bertz CT molecular complexity index is 669. The predicted octanol–water partition coefficient (Wildman–Crippen LogP) is 4.88. The van der Waals surface area contributed by atoms with Gasteiger partial charge in [-0.05, 0) is 0 Å². The van der Waals surface area contributed by atoms with Crippen LogP contribution >= 0.6 is 0 Å². The topological polar surface area (TPSA) is 40.5 Å². The molecule has 3 nitrogen and oxygen atoms in total. The molecule has 2 unspecified atom stereocenters. The molecule has 0 saturated carbocycles. The molecule has 162 valence electrons. The van der Waals surface area contributed by atoms with Gasteiger partial charge in [0.1, 0.15) is 0 Å². The Kier molecular flexibility index (Phi) is 9.50. The third-order valence-corrected chi connectivity index (χ3v) is 11.9. The van der Waals surface area contributed by atoms with Crippen LogP contribution in [-0.4, -0.2) is 49.8 Å². The van der Waals surface area contributed by atoms with Crippen molar-refractivity contribution in [2.45, 2.75) is 82.7 Å². The monoisotopic (exact) mass is 461 g/mol. The van der Waals surface area contributed by atoms with Crippen molar-refractivity contribution in [2.24, 2.45) is 5.92 Å². The van der Waals surface area contributed by atoms with Gasteiger partial charge in [0, 0.05) is 0 Å². The fourth-order valence-electron chi connectivity index (χ4n) is 3.95. The minimum absolute atomic E-state index is 0.0678. The summed E-state index contributed by atoms with van der Waals surface area (Å²) in [6, 6.07) is 9.37. The molecule has 2 atom stereocenters. The summed E-state index contributed by atoms with van der Waals surface area (Å²) in [7, 11) is 0. The second-order valence-electron chi connectivity index (χ2n) is 9.38. The van der Waals surface area contributed by atoms with Gasteiger partial charge in [-0.25, -0.2) is 0 Å². The van der Waals surface area contributed by atoms with Crippen LogP contribution in [-0.2, 0) is 4.79 Å². The van der Waals surface area contributed by atoms with Crippen LogP contribution < -0.4 is 4.35 Å². The molecular formula is C25H40AsNO2. The van der Waals surface area contributed by atoms with Crippen molar-refractivity contribution in [2.75, 3.05) is 13.1 Å². The second kappa shape index (κ2) is 11.4. The van der Waals surface area contributed by atoms with Gasteiger partial charge in [0.15, 0.2) is 0 Å². The van der Waals surface area contributed by atoms with Crippen LogP contribution in [0.4, 0.5) is 0 Å². The summed E-state index contributed by atoms with van der Waals surface area (Å²) in [5.74, 6) is 0.831. The average molecular weight is 462 g/mol. The van der Waals surface area contributed by atoms with E-state index in [4.69, 9.17) is 0 Å². The van der Waals surface area contributed by atoms with E-state index in [2.05, 4.69) is 58.0 Å². The molecule has 0 aromatic heterocycles. The van der Waals surface area contributed by atoms with Gasteiger partial charge in [-0.1, -0.05) is 0 Å². The average Bonchev–Trinajstić information content (AvgIpc) is 2.67. The third kappa shape index (κ3) is 7.30. The van der Waals surface area contributed by atoms with E-state index in [0.717, 1.165) is 25.9 Å². The molecule has 1 aliphatic rings. The van der Waals surface area contributed by atoms with Crippen molar-refractivity contribution in [1.29, 1.82) is 0 Å². The number of nitrogens with zero attached hydrogens (tertiary/aromatic N) is 1. The molecule has 1 fully saturated rings. The molecular weight excluding hydrogens is 421 g/mol. The Morgan fingerprint density at radius 1 is 1.14 bits per heavy atom. The van der Waals surface area contributed by atoms with E-state index < -0.39 is 20.8 Å². The summed E-state index contributed by atoms with van der Waals surface area (Å²) in [6.07, 6.45) is 4.28. The number of piperidine rings is 1. The third-order valence-electron chi connectivity index (χ3n) is 5.78. The van der Waals surface area contributed by atoms with Crippen molar-refractivity contribution < 1.29 is 9.90 Å². The molecule has 1 aliphatic heterocycles. The molecule has 2 rings (SSSR count). The molecule has 1 aromatic rings. The van der Waals surface area contributed by atoms with Gasteiger partial charge in [-0.3, -0.25) is 0 Å². The van der Waals surface area contributed by atoms with Crippen molar-refractivity contribution >= 4 is 24.9 Å². The van der Waals surface area contributed by atoms with E-state index in [0.29, 0.717) is 23.0 Å². The van der Waals surface area contributed by atoms with Gasteiger partial charge in [0.2, 0.25) is 0 Å². The number of benzene rings is 1. The zero-order valence-corrected chi connectivity index (χ0v) is 21.1. The number of hydrogen-bond acceptors (Lipinski definition) is 2. The van der Waals surface area contributed by atoms with Crippen LogP contribution in [0.25, 0.3) is 0 Å². The molecule has 1 heterocycles. The van der Waals surface area contributed by atoms with E-state index in [1.54, 1.807) is 4.35 Å². The normalized spacial score (nSPS) is 17.5. The number of aliphatic hydroxyl groups is 1. The number of carbonyl (C=O) groups excluding carboxylic acids is 1. The first-order valence-corrected chi connectivity index (χ1v) is 14.5. The summed E-state index contributed by atoms with van der Waals surface area (Å²) in [4.78, 5) is 14.5. The molecule has 0 radical (unpaired) electrons. The van der Waals surface area contributed by atoms with Crippen molar-refractivity contribution in [3.05, 3.63) is 41.5 Å². The van der Waals surface area contributed by atoms with Crippen molar-refractivity contribution in [3.8, 4) is 0 Å². The predicted molar refractivity (Wildman–Crippen MR) is 125 cm³/mol. The fourth-order valence-corrected chi connectivity index (χ4v) is 9.99. The van der Waals surface area contributed by atoms with Gasteiger partial charge >= 0.3 is 183 Å². The number of hydrogen-bond donors (Lipinski definition) is 1. The van der Waals surface area contributed by atoms with Crippen LogP contribution in [0.5, 0.6) is 0 Å². The zero-order chi connectivity index (χ0) is 21.6. The first kappa shape index (κ1) is 24.2. The van der Waals surface area contributed by atoms with E-state index >= 15 is 0 Å². The summed E-state index contributed by atoms with van der Waals surface area (Å²) < 4.78 is 2.28. The second-order valence-corrected chi connectivity index (χ2v) is 14.7. The van der Waals surface area contributed by atoms with E-state index in [9.17, 15) is 9.90 Å². The van der Waals surface area contributed by atoms with Crippen LogP contribution in [0.2, 0.25) is 9.91 Å². The van der Waals surface area contributed by atoms with Crippen LogP contribution in [0.3, 0.4) is 0 Å². The minimum atomic E-state index is -1.25. The number of amides is 1. The molecule has 1 amide bonds. The maximum atomic E-state index is 12.6. The van der Waals surface area contributed by atoms with Gasteiger partial charge in [0.25, 0.3) is 0 Å². The van der Waals surface area contributed by atoms with Crippen LogP contribution in [0.15, 0.2) is 35.9 Å². The molecule has 4 heteroatoms. The summed E-state index contributed by atoms with van der Waals surface area (Å²) in [6.45, 7) is 14.5. The van der Waals surface area contributed by atoms with E-state index in [1.807, 2.05) is 18.7 Å². The van der Waals surface area contributed by atoms with Gasteiger partial charge in [-0.2, -0.15) is 0 Å². The molecule has 0 aliphatic carbocycles. The summed E-state index contributed by atoms with van der Waals surface area (Å²) in [5.41, 5.74) is 2.80. The Labute approximate surface area is 182 Å². The Balaban J connectivity index is 2.07. The Morgan fingerprint density at radius 2 is 1.72 bits per heavy atom. The Hall–Kier alpha value is -1.05. The molecule has 0 bridgehead atoms. The van der Waals surface area contributed by atoms with E-state index in [-0.39, 0.29) is 5.91 Å². The maximum absolute atomic E-state index is 12.6. The number of allylic oxidation sites excluding steroid dienone is 2. The van der Waals surface area contributed by atoms with Gasteiger partial charge in [0.05, 0.1) is 0 Å². The van der Waals surface area contributed by atoms with Gasteiger partial charge in [-0.15, -0.1) is 0 Å². The number of rotatable bonds is 8. The number of aliphatic hydroxyl groups excluding tert-OH is 1. The van der Waals surface area contributed by atoms with Crippen molar-refractivity contribution in [3.63, 3.8) is 0 Å².